The number of hydrogen-bond donors (Lipinski definition) is 1. The second kappa shape index (κ2) is 10.7. The summed E-state index contributed by atoms with van der Waals surface area (Å²) in [6, 6.07) is 11.9. The Morgan fingerprint density at radius 3 is 2.07 bits per heavy atom. The maximum Gasteiger partial charge on any atom is 0.344 e. The normalized spacial score (nSPS) is 9.96. The molecule has 0 fully saturated rings. The van der Waals surface area contributed by atoms with Gasteiger partial charge < -0.3 is 29.0 Å². The number of nitrogens with one attached hydrogen (secondary N) is 1. The van der Waals surface area contributed by atoms with Gasteiger partial charge in [0.25, 0.3) is 5.91 Å². The number of carbonyl (C=O) groups excluding carboxylic acids is 2. The molecule has 2 rings (SSSR count). The van der Waals surface area contributed by atoms with Crippen LogP contribution in [0.5, 0.6) is 23.0 Å². The number of anilines is 1. The third-order valence-corrected chi connectivity index (χ3v) is 3.49. The number of carbonyl (C=O) groups is 2. The Morgan fingerprint density at radius 2 is 1.50 bits per heavy atom. The van der Waals surface area contributed by atoms with E-state index in [4.69, 9.17) is 23.7 Å². The molecule has 0 radical (unpaired) electrons. The van der Waals surface area contributed by atoms with Gasteiger partial charge in [0.2, 0.25) is 0 Å². The van der Waals surface area contributed by atoms with Crippen LogP contribution in [0.2, 0.25) is 0 Å². The van der Waals surface area contributed by atoms with E-state index in [1.165, 1.54) is 14.2 Å². The minimum atomic E-state index is -0.676. The zero-order valence-corrected chi connectivity index (χ0v) is 16.0. The third kappa shape index (κ3) is 6.39. The highest BCUT2D eigenvalue weighted by Gasteiger charge is 2.12. The lowest BCUT2D eigenvalue weighted by Gasteiger charge is -2.12. The van der Waals surface area contributed by atoms with Crippen molar-refractivity contribution in [3.8, 4) is 23.0 Å². The molecule has 1 N–H and O–H groups in total. The standard InChI is InChI=1S/C20H23NO7/c1-4-26-17-7-5-6-8-18(17)27-13-20(23)28-12-19(22)21-14-9-15(24-2)11-16(10-14)25-3/h5-11H,4,12-13H2,1-3H3,(H,21,22). The van der Waals surface area contributed by atoms with Gasteiger partial charge in [-0.25, -0.2) is 4.79 Å². The van der Waals surface area contributed by atoms with Crippen LogP contribution in [0.15, 0.2) is 42.5 Å². The number of ether oxygens (including phenoxy) is 5. The molecule has 1 amide bonds. The molecule has 8 heteroatoms. The number of hydrogen-bond acceptors (Lipinski definition) is 7. The summed E-state index contributed by atoms with van der Waals surface area (Å²) in [5.74, 6) is 0.820. The second-order valence-corrected chi connectivity index (χ2v) is 5.48. The number of benzene rings is 2. The molecule has 28 heavy (non-hydrogen) atoms. The van der Waals surface area contributed by atoms with Gasteiger partial charge in [0.05, 0.1) is 20.8 Å². The van der Waals surface area contributed by atoms with E-state index in [9.17, 15) is 9.59 Å². The SMILES string of the molecule is CCOc1ccccc1OCC(=O)OCC(=O)Nc1cc(OC)cc(OC)c1. The molecule has 0 aliphatic heterocycles. The largest absolute Gasteiger partial charge is 0.497 e. The summed E-state index contributed by atoms with van der Waals surface area (Å²) in [5.41, 5.74) is 0.458. The van der Waals surface area contributed by atoms with Gasteiger partial charge in [0.15, 0.2) is 24.7 Å². The Kier molecular flexibility index (Phi) is 7.95. The van der Waals surface area contributed by atoms with E-state index in [0.29, 0.717) is 35.3 Å². The summed E-state index contributed by atoms with van der Waals surface area (Å²) in [5, 5.41) is 2.61. The highest BCUT2D eigenvalue weighted by molar-refractivity contribution is 5.93. The lowest BCUT2D eigenvalue weighted by molar-refractivity contribution is -0.149. The number of methoxy groups -OCH3 is 2. The molecule has 0 saturated heterocycles. The van der Waals surface area contributed by atoms with Gasteiger partial charge in [0, 0.05) is 23.9 Å². The van der Waals surface area contributed by atoms with Crippen molar-refractivity contribution >= 4 is 17.6 Å². The van der Waals surface area contributed by atoms with Crippen LogP contribution in [-0.4, -0.2) is 45.9 Å². The lowest BCUT2D eigenvalue weighted by atomic mass is 10.2. The van der Waals surface area contributed by atoms with E-state index in [-0.39, 0.29) is 6.61 Å². The topological polar surface area (TPSA) is 92.3 Å². The first-order valence-corrected chi connectivity index (χ1v) is 8.59. The third-order valence-electron chi connectivity index (χ3n) is 3.49. The van der Waals surface area contributed by atoms with Crippen molar-refractivity contribution in [3.63, 3.8) is 0 Å². The zero-order chi connectivity index (χ0) is 20.4. The number of rotatable bonds is 10. The highest BCUT2D eigenvalue weighted by Crippen LogP contribution is 2.27. The first-order valence-electron chi connectivity index (χ1n) is 8.59. The Bertz CT molecular complexity index is 785. The van der Waals surface area contributed by atoms with Crippen molar-refractivity contribution in [2.24, 2.45) is 0 Å². The number of amides is 1. The molecule has 0 aliphatic carbocycles. The van der Waals surface area contributed by atoms with Crippen molar-refractivity contribution in [1.29, 1.82) is 0 Å². The molecule has 8 nitrogen and oxygen atoms in total. The average Bonchev–Trinajstić information content (AvgIpc) is 2.71. The molecule has 0 aliphatic rings. The predicted molar refractivity (Wildman–Crippen MR) is 102 cm³/mol. The van der Waals surface area contributed by atoms with Gasteiger partial charge in [-0.15, -0.1) is 0 Å². The van der Waals surface area contributed by atoms with E-state index in [2.05, 4.69) is 5.32 Å². The van der Waals surface area contributed by atoms with Crippen LogP contribution in [-0.2, 0) is 14.3 Å². The van der Waals surface area contributed by atoms with Gasteiger partial charge in [0.1, 0.15) is 11.5 Å². The molecular weight excluding hydrogens is 366 g/mol. The Balaban J connectivity index is 1.82. The van der Waals surface area contributed by atoms with Crippen LogP contribution < -0.4 is 24.3 Å². The van der Waals surface area contributed by atoms with Crippen LogP contribution in [0.25, 0.3) is 0 Å². The maximum atomic E-state index is 12.0. The van der Waals surface area contributed by atoms with Crippen molar-refractivity contribution in [1.82, 2.24) is 0 Å². The van der Waals surface area contributed by atoms with E-state index in [0.717, 1.165) is 0 Å². The fourth-order valence-electron chi connectivity index (χ4n) is 2.25. The smallest absolute Gasteiger partial charge is 0.344 e. The number of esters is 1. The summed E-state index contributed by atoms with van der Waals surface area (Å²) in [7, 11) is 3.01. The molecule has 0 bridgehead atoms. The lowest BCUT2D eigenvalue weighted by Crippen LogP contribution is -2.23. The van der Waals surface area contributed by atoms with E-state index < -0.39 is 18.5 Å². The molecule has 0 unspecified atom stereocenters. The molecule has 0 atom stereocenters. The molecule has 150 valence electrons. The van der Waals surface area contributed by atoms with E-state index in [1.807, 2.05) is 6.92 Å². The fraction of sp³-hybridized carbons (Fsp3) is 0.300. The first kappa shape index (κ1) is 20.9. The molecule has 0 spiro atoms. The van der Waals surface area contributed by atoms with Crippen LogP contribution in [0, 0.1) is 0 Å². The van der Waals surface area contributed by atoms with Crippen molar-refractivity contribution in [3.05, 3.63) is 42.5 Å². The zero-order valence-electron chi connectivity index (χ0n) is 16.0. The number of para-hydroxylation sites is 2. The quantitative estimate of drug-likeness (QED) is 0.625. The summed E-state index contributed by atoms with van der Waals surface area (Å²) in [4.78, 5) is 23.8. The van der Waals surface area contributed by atoms with Crippen LogP contribution in [0.3, 0.4) is 0 Å². The Labute approximate surface area is 163 Å². The second-order valence-electron chi connectivity index (χ2n) is 5.48. The average molecular weight is 389 g/mol. The van der Waals surface area contributed by atoms with Gasteiger partial charge in [-0.2, -0.15) is 0 Å². The van der Waals surface area contributed by atoms with Crippen LogP contribution >= 0.6 is 0 Å². The summed E-state index contributed by atoms with van der Waals surface area (Å²) in [6.07, 6.45) is 0. The Hall–Kier alpha value is -3.42. The van der Waals surface area contributed by atoms with E-state index >= 15 is 0 Å². The Morgan fingerprint density at radius 1 is 0.893 bits per heavy atom. The molecular formula is C20H23NO7. The molecule has 2 aromatic carbocycles. The highest BCUT2D eigenvalue weighted by atomic mass is 16.6. The van der Waals surface area contributed by atoms with Gasteiger partial charge in [-0.3, -0.25) is 4.79 Å². The molecule has 0 heterocycles. The summed E-state index contributed by atoms with van der Waals surface area (Å²) in [6.45, 7) is 1.53. The van der Waals surface area contributed by atoms with Gasteiger partial charge >= 0.3 is 5.97 Å². The first-order chi connectivity index (χ1) is 13.5. The minimum absolute atomic E-state index is 0.343. The van der Waals surface area contributed by atoms with Crippen LogP contribution in [0.4, 0.5) is 5.69 Å². The molecule has 0 aromatic heterocycles. The summed E-state index contributed by atoms with van der Waals surface area (Å²) < 4.78 is 26.0. The van der Waals surface area contributed by atoms with Crippen molar-refractivity contribution in [2.45, 2.75) is 6.92 Å². The van der Waals surface area contributed by atoms with Gasteiger partial charge in [-0.05, 0) is 19.1 Å². The van der Waals surface area contributed by atoms with Crippen LogP contribution in [0.1, 0.15) is 6.92 Å². The fourth-order valence-corrected chi connectivity index (χ4v) is 2.25. The minimum Gasteiger partial charge on any atom is -0.497 e. The maximum absolute atomic E-state index is 12.0. The molecule has 0 saturated carbocycles. The monoisotopic (exact) mass is 389 g/mol. The van der Waals surface area contributed by atoms with E-state index in [1.54, 1.807) is 42.5 Å². The van der Waals surface area contributed by atoms with Crippen molar-refractivity contribution < 1.29 is 33.3 Å². The molecule has 2 aromatic rings. The summed E-state index contributed by atoms with van der Waals surface area (Å²) >= 11 is 0. The predicted octanol–water partition coefficient (Wildman–Crippen LogP) is 2.66. The van der Waals surface area contributed by atoms with Gasteiger partial charge in [-0.1, -0.05) is 12.1 Å². The van der Waals surface area contributed by atoms with Crippen molar-refractivity contribution in [2.75, 3.05) is 39.4 Å².